The molecule has 0 aliphatic rings. The van der Waals surface area contributed by atoms with Gasteiger partial charge < -0.3 is 10.1 Å². The Hall–Kier alpha value is -1.78. The second kappa shape index (κ2) is 5.71. The number of nitrogens with one attached hydrogen (secondary N) is 1. The summed E-state index contributed by atoms with van der Waals surface area (Å²) in [6, 6.07) is 4.86. The van der Waals surface area contributed by atoms with Crippen molar-refractivity contribution < 1.29 is 9.66 Å². The Bertz CT molecular complexity index is 428. The lowest BCUT2D eigenvalue weighted by Crippen LogP contribution is -2.33. The zero-order chi connectivity index (χ0) is 13.8. The molecule has 0 saturated heterocycles. The van der Waals surface area contributed by atoms with E-state index in [0.717, 1.165) is 12.8 Å². The third kappa shape index (κ3) is 3.12. The minimum atomic E-state index is -0.392. The maximum atomic E-state index is 11.1. The van der Waals surface area contributed by atoms with E-state index in [0.29, 0.717) is 11.4 Å². The number of nitro benzene ring substituents is 1. The van der Waals surface area contributed by atoms with Gasteiger partial charge in [-0.3, -0.25) is 10.1 Å². The van der Waals surface area contributed by atoms with Crippen LogP contribution in [0, 0.1) is 10.1 Å². The van der Waals surface area contributed by atoms with Crippen LogP contribution >= 0.6 is 0 Å². The zero-order valence-electron chi connectivity index (χ0n) is 11.3. The molecular weight excluding hydrogens is 232 g/mol. The highest BCUT2D eigenvalue weighted by atomic mass is 16.6. The third-order valence-corrected chi connectivity index (χ3v) is 3.40. The largest absolute Gasteiger partial charge is 0.496 e. The Labute approximate surface area is 107 Å². The van der Waals surface area contributed by atoms with E-state index in [1.165, 1.54) is 13.2 Å². The number of hydrogen-bond donors (Lipinski definition) is 1. The van der Waals surface area contributed by atoms with Crippen LogP contribution in [0.2, 0.25) is 0 Å². The van der Waals surface area contributed by atoms with Gasteiger partial charge in [0.05, 0.1) is 18.1 Å². The first kappa shape index (κ1) is 14.3. The molecule has 5 nitrogen and oxygen atoms in total. The van der Waals surface area contributed by atoms with Crippen molar-refractivity contribution in [2.75, 3.05) is 12.4 Å². The molecule has 0 aromatic heterocycles. The Balaban J connectivity index is 3.12. The maximum Gasteiger partial charge on any atom is 0.296 e. The number of hydrogen-bond acceptors (Lipinski definition) is 4. The van der Waals surface area contributed by atoms with Crippen molar-refractivity contribution in [3.05, 3.63) is 28.3 Å². The molecule has 0 saturated carbocycles. The lowest BCUT2D eigenvalue weighted by molar-refractivity contribution is -0.384. The van der Waals surface area contributed by atoms with Crippen LogP contribution in [-0.2, 0) is 0 Å². The van der Waals surface area contributed by atoms with Gasteiger partial charge in [-0.05, 0) is 31.9 Å². The molecule has 0 spiro atoms. The van der Waals surface area contributed by atoms with Crippen LogP contribution in [0.3, 0.4) is 0 Å². The van der Waals surface area contributed by atoms with Gasteiger partial charge in [0.15, 0.2) is 0 Å². The van der Waals surface area contributed by atoms with Gasteiger partial charge in [0, 0.05) is 5.54 Å². The third-order valence-electron chi connectivity index (χ3n) is 3.40. The van der Waals surface area contributed by atoms with E-state index in [9.17, 15) is 10.1 Å². The van der Waals surface area contributed by atoms with Crippen molar-refractivity contribution in [3.8, 4) is 5.75 Å². The number of nitrogens with zero attached hydrogens (tertiary/aromatic N) is 1. The topological polar surface area (TPSA) is 64.4 Å². The van der Waals surface area contributed by atoms with Crippen LogP contribution < -0.4 is 10.1 Å². The Kier molecular flexibility index (Phi) is 4.53. The Morgan fingerprint density at radius 1 is 1.39 bits per heavy atom. The van der Waals surface area contributed by atoms with Gasteiger partial charge in [-0.1, -0.05) is 13.8 Å². The molecule has 1 aromatic carbocycles. The van der Waals surface area contributed by atoms with E-state index >= 15 is 0 Å². The van der Waals surface area contributed by atoms with E-state index < -0.39 is 4.92 Å². The molecule has 0 aliphatic heterocycles. The van der Waals surface area contributed by atoms with E-state index in [1.807, 2.05) is 0 Å². The summed E-state index contributed by atoms with van der Waals surface area (Å²) in [6.07, 6.45) is 1.79. The molecule has 0 radical (unpaired) electrons. The van der Waals surface area contributed by atoms with Crippen molar-refractivity contribution in [3.63, 3.8) is 0 Å². The molecule has 1 N–H and O–H groups in total. The normalized spacial score (nSPS) is 11.1. The average molecular weight is 252 g/mol. The van der Waals surface area contributed by atoms with Crippen molar-refractivity contribution in [1.82, 2.24) is 0 Å². The molecule has 0 amide bonds. The predicted octanol–water partition coefficient (Wildman–Crippen LogP) is 3.59. The fraction of sp³-hybridized carbons (Fsp3) is 0.538. The standard InChI is InChI=1S/C13H20N2O3/c1-5-13(3,6-2)14-11-8-7-10(18-4)9-12(11)15(16)17/h7-9,14H,5-6H2,1-4H3. The summed E-state index contributed by atoms with van der Waals surface area (Å²) in [7, 11) is 1.49. The lowest BCUT2D eigenvalue weighted by Gasteiger charge is -2.29. The highest BCUT2D eigenvalue weighted by molar-refractivity contribution is 5.64. The number of anilines is 1. The van der Waals surface area contributed by atoms with Gasteiger partial charge in [-0.2, -0.15) is 0 Å². The van der Waals surface area contributed by atoms with Crippen molar-refractivity contribution in [2.24, 2.45) is 0 Å². The Morgan fingerprint density at radius 2 is 2.00 bits per heavy atom. The minimum absolute atomic E-state index is 0.0440. The summed E-state index contributed by atoms with van der Waals surface area (Å²) in [5, 5.41) is 14.3. The van der Waals surface area contributed by atoms with Crippen LogP contribution in [0.5, 0.6) is 5.75 Å². The number of nitro groups is 1. The molecule has 0 heterocycles. The van der Waals surface area contributed by atoms with Crippen LogP contribution in [0.1, 0.15) is 33.6 Å². The molecular formula is C13H20N2O3. The summed E-state index contributed by atoms with van der Waals surface area (Å²) in [6.45, 7) is 6.18. The molecule has 0 atom stereocenters. The van der Waals surface area contributed by atoms with Gasteiger partial charge in [0.2, 0.25) is 0 Å². The number of benzene rings is 1. The first-order valence-electron chi connectivity index (χ1n) is 6.06. The van der Waals surface area contributed by atoms with Crippen molar-refractivity contribution in [2.45, 2.75) is 39.2 Å². The minimum Gasteiger partial charge on any atom is -0.496 e. The van der Waals surface area contributed by atoms with Gasteiger partial charge in [0.25, 0.3) is 5.69 Å². The molecule has 1 rings (SSSR count). The molecule has 0 unspecified atom stereocenters. The molecule has 0 aliphatic carbocycles. The monoisotopic (exact) mass is 252 g/mol. The first-order chi connectivity index (χ1) is 8.45. The van der Waals surface area contributed by atoms with Crippen molar-refractivity contribution >= 4 is 11.4 Å². The fourth-order valence-corrected chi connectivity index (χ4v) is 1.65. The van der Waals surface area contributed by atoms with Crippen LogP contribution in [0.15, 0.2) is 18.2 Å². The van der Waals surface area contributed by atoms with Crippen LogP contribution in [0.25, 0.3) is 0 Å². The Morgan fingerprint density at radius 3 is 2.44 bits per heavy atom. The smallest absolute Gasteiger partial charge is 0.296 e. The summed E-state index contributed by atoms with van der Waals surface area (Å²) >= 11 is 0. The summed E-state index contributed by atoms with van der Waals surface area (Å²) in [5.74, 6) is 0.488. The van der Waals surface area contributed by atoms with Crippen LogP contribution in [-0.4, -0.2) is 17.6 Å². The fourth-order valence-electron chi connectivity index (χ4n) is 1.65. The highest BCUT2D eigenvalue weighted by Crippen LogP contribution is 2.32. The lowest BCUT2D eigenvalue weighted by atomic mass is 9.95. The van der Waals surface area contributed by atoms with Crippen molar-refractivity contribution in [1.29, 1.82) is 0 Å². The molecule has 100 valence electrons. The maximum absolute atomic E-state index is 11.1. The predicted molar refractivity (Wildman–Crippen MR) is 72.3 cm³/mol. The molecule has 0 bridgehead atoms. The number of ether oxygens (including phenoxy) is 1. The van der Waals surface area contributed by atoms with Gasteiger partial charge in [-0.25, -0.2) is 0 Å². The molecule has 0 fully saturated rings. The highest BCUT2D eigenvalue weighted by Gasteiger charge is 2.24. The average Bonchev–Trinajstić information content (AvgIpc) is 2.38. The quantitative estimate of drug-likeness (QED) is 0.620. The SMILES string of the molecule is CCC(C)(CC)Nc1ccc(OC)cc1[N+](=O)[O-]. The van der Waals surface area contributed by atoms with E-state index in [1.54, 1.807) is 12.1 Å². The van der Waals surface area contributed by atoms with Gasteiger partial charge >= 0.3 is 0 Å². The second-order valence-electron chi connectivity index (χ2n) is 4.53. The van der Waals surface area contributed by atoms with Gasteiger partial charge in [-0.15, -0.1) is 0 Å². The van der Waals surface area contributed by atoms with E-state index in [4.69, 9.17) is 4.74 Å². The van der Waals surface area contributed by atoms with E-state index in [2.05, 4.69) is 26.1 Å². The number of methoxy groups -OCH3 is 1. The summed E-state index contributed by atoms with van der Waals surface area (Å²) in [5.41, 5.74) is 0.439. The first-order valence-corrected chi connectivity index (χ1v) is 6.06. The molecule has 5 heteroatoms. The summed E-state index contributed by atoms with van der Waals surface area (Å²) in [4.78, 5) is 10.7. The number of rotatable bonds is 6. The second-order valence-corrected chi connectivity index (χ2v) is 4.53. The van der Waals surface area contributed by atoms with E-state index in [-0.39, 0.29) is 11.2 Å². The molecule has 18 heavy (non-hydrogen) atoms. The zero-order valence-corrected chi connectivity index (χ0v) is 11.3. The summed E-state index contributed by atoms with van der Waals surface area (Å²) < 4.78 is 5.01. The van der Waals surface area contributed by atoms with Crippen LogP contribution in [0.4, 0.5) is 11.4 Å². The van der Waals surface area contributed by atoms with Gasteiger partial charge in [0.1, 0.15) is 11.4 Å². The molecule has 1 aromatic rings.